The first-order valence-corrected chi connectivity index (χ1v) is 6.59. The van der Waals surface area contributed by atoms with Crippen LogP contribution >= 0.6 is 11.6 Å². The SMILES string of the molecule is O=C(CCCCl)N1CCC(NC(=O)C(F)(F)F)CC1. The van der Waals surface area contributed by atoms with Gasteiger partial charge in [-0.1, -0.05) is 0 Å². The van der Waals surface area contributed by atoms with Crippen molar-refractivity contribution in [1.82, 2.24) is 10.2 Å². The summed E-state index contributed by atoms with van der Waals surface area (Å²) >= 11 is 5.48. The topological polar surface area (TPSA) is 49.4 Å². The number of carbonyl (C=O) groups is 2. The predicted octanol–water partition coefficient (Wildman–Crippen LogP) is 1.67. The molecular formula is C11H16ClF3N2O2. The van der Waals surface area contributed by atoms with Gasteiger partial charge in [0.2, 0.25) is 5.91 Å². The number of nitrogens with one attached hydrogen (secondary N) is 1. The van der Waals surface area contributed by atoms with Gasteiger partial charge in [-0.2, -0.15) is 13.2 Å². The molecule has 1 rings (SSSR count). The molecule has 0 aromatic carbocycles. The van der Waals surface area contributed by atoms with E-state index in [1.807, 2.05) is 5.32 Å². The highest BCUT2D eigenvalue weighted by atomic mass is 35.5. The summed E-state index contributed by atoms with van der Waals surface area (Å²) in [6.07, 6.45) is -3.23. The molecule has 0 unspecified atom stereocenters. The van der Waals surface area contributed by atoms with Gasteiger partial charge in [-0.3, -0.25) is 9.59 Å². The molecule has 110 valence electrons. The van der Waals surface area contributed by atoms with Crippen molar-refractivity contribution in [2.24, 2.45) is 0 Å². The lowest BCUT2D eigenvalue weighted by Gasteiger charge is -2.32. The first-order valence-electron chi connectivity index (χ1n) is 6.06. The number of piperidine rings is 1. The summed E-state index contributed by atoms with van der Waals surface area (Å²) in [7, 11) is 0. The first-order chi connectivity index (χ1) is 8.84. The lowest BCUT2D eigenvalue weighted by atomic mass is 10.0. The van der Waals surface area contributed by atoms with Crippen LogP contribution in [0.2, 0.25) is 0 Å². The van der Waals surface area contributed by atoms with Crippen LogP contribution in [0.25, 0.3) is 0 Å². The summed E-state index contributed by atoms with van der Waals surface area (Å²) in [5.74, 6) is -1.55. The second kappa shape index (κ2) is 6.98. The third-order valence-electron chi connectivity index (χ3n) is 2.96. The molecule has 8 heteroatoms. The van der Waals surface area contributed by atoms with E-state index >= 15 is 0 Å². The Balaban J connectivity index is 2.33. The molecule has 0 radical (unpaired) electrons. The number of rotatable bonds is 4. The van der Waals surface area contributed by atoms with Crippen molar-refractivity contribution >= 4 is 23.4 Å². The van der Waals surface area contributed by atoms with E-state index in [9.17, 15) is 22.8 Å². The molecule has 1 aliphatic rings. The lowest BCUT2D eigenvalue weighted by molar-refractivity contribution is -0.174. The summed E-state index contributed by atoms with van der Waals surface area (Å²) in [6, 6.07) is -0.522. The standard InChI is InChI=1S/C11H16ClF3N2O2/c12-5-1-2-9(18)17-6-3-8(4-7-17)16-10(19)11(13,14)15/h8H,1-7H2,(H,16,19). The van der Waals surface area contributed by atoms with Crippen molar-refractivity contribution in [1.29, 1.82) is 0 Å². The normalized spacial score (nSPS) is 17.4. The quantitative estimate of drug-likeness (QED) is 0.803. The fraction of sp³-hybridized carbons (Fsp3) is 0.818. The van der Waals surface area contributed by atoms with E-state index in [1.165, 1.54) is 0 Å². The number of alkyl halides is 4. The van der Waals surface area contributed by atoms with Gasteiger partial charge < -0.3 is 10.2 Å². The van der Waals surface area contributed by atoms with Crippen LogP contribution in [0.15, 0.2) is 0 Å². The van der Waals surface area contributed by atoms with Gasteiger partial charge in [0.05, 0.1) is 0 Å². The Labute approximate surface area is 114 Å². The van der Waals surface area contributed by atoms with Crippen molar-refractivity contribution in [3.63, 3.8) is 0 Å². The summed E-state index contributed by atoms with van der Waals surface area (Å²) in [4.78, 5) is 24.0. The van der Waals surface area contributed by atoms with Crippen LogP contribution in [0.5, 0.6) is 0 Å². The van der Waals surface area contributed by atoms with Gasteiger partial charge in [0.25, 0.3) is 0 Å². The van der Waals surface area contributed by atoms with Crippen molar-refractivity contribution < 1.29 is 22.8 Å². The summed E-state index contributed by atoms with van der Waals surface area (Å²) < 4.78 is 36.2. The molecule has 0 saturated carbocycles. The van der Waals surface area contributed by atoms with Crippen molar-refractivity contribution in [2.75, 3.05) is 19.0 Å². The maximum Gasteiger partial charge on any atom is 0.471 e. The number of halogens is 4. The minimum atomic E-state index is -4.85. The number of hydrogen-bond acceptors (Lipinski definition) is 2. The molecule has 0 aromatic rings. The van der Waals surface area contributed by atoms with E-state index < -0.39 is 18.1 Å². The molecule has 0 aliphatic carbocycles. The van der Waals surface area contributed by atoms with E-state index in [4.69, 9.17) is 11.6 Å². The molecule has 0 aromatic heterocycles. The molecule has 0 spiro atoms. The Morgan fingerprint density at radius 2 is 1.84 bits per heavy atom. The van der Waals surface area contributed by atoms with Crippen molar-refractivity contribution in [2.45, 2.75) is 37.9 Å². The number of carbonyl (C=O) groups excluding carboxylic acids is 2. The van der Waals surface area contributed by atoms with E-state index in [1.54, 1.807) is 4.90 Å². The van der Waals surface area contributed by atoms with Gasteiger partial charge in [-0.05, 0) is 19.3 Å². The fourth-order valence-electron chi connectivity index (χ4n) is 1.92. The smallest absolute Gasteiger partial charge is 0.345 e. The first kappa shape index (κ1) is 16.1. The molecule has 1 fully saturated rings. The minimum Gasteiger partial charge on any atom is -0.345 e. The maximum absolute atomic E-state index is 12.1. The van der Waals surface area contributed by atoms with Crippen LogP contribution in [0.1, 0.15) is 25.7 Å². The van der Waals surface area contributed by atoms with Gasteiger partial charge in [-0.25, -0.2) is 0 Å². The van der Waals surface area contributed by atoms with Crippen molar-refractivity contribution in [3.8, 4) is 0 Å². The monoisotopic (exact) mass is 300 g/mol. The van der Waals surface area contributed by atoms with Gasteiger partial charge in [-0.15, -0.1) is 11.6 Å². The van der Waals surface area contributed by atoms with Crippen LogP contribution in [-0.2, 0) is 9.59 Å². The van der Waals surface area contributed by atoms with Crippen LogP contribution in [0.3, 0.4) is 0 Å². The average molecular weight is 301 g/mol. The molecule has 0 bridgehead atoms. The van der Waals surface area contributed by atoms with Crippen LogP contribution in [-0.4, -0.2) is 47.9 Å². The third-order valence-corrected chi connectivity index (χ3v) is 3.23. The van der Waals surface area contributed by atoms with Crippen molar-refractivity contribution in [3.05, 3.63) is 0 Å². The van der Waals surface area contributed by atoms with Gasteiger partial charge in [0.1, 0.15) is 0 Å². The van der Waals surface area contributed by atoms with Gasteiger partial charge >= 0.3 is 12.1 Å². The molecule has 19 heavy (non-hydrogen) atoms. The highest BCUT2D eigenvalue weighted by Gasteiger charge is 2.40. The molecule has 1 aliphatic heterocycles. The summed E-state index contributed by atoms with van der Waals surface area (Å²) in [5, 5.41) is 1.94. The Morgan fingerprint density at radius 1 is 1.26 bits per heavy atom. The minimum absolute atomic E-state index is 0.0405. The zero-order chi connectivity index (χ0) is 14.5. The van der Waals surface area contributed by atoms with E-state index in [-0.39, 0.29) is 5.91 Å². The highest BCUT2D eigenvalue weighted by Crippen LogP contribution is 2.17. The molecule has 2 amide bonds. The largest absolute Gasteiger partial charge is 0.471 e. The molecule has 1 N–H and O–H groups in total. The average Bonchev–Trinajstić information content (AvgIpc) is 2.35. The second-order valence-corrected chi connectivity index (χ2v) is 4.80. The molecular weight excluding hydrogens is 285 g/mol. The number of amides is 2. The number of nitrogens with zero attached hydrogens (tertiary/aromatic N) is 1. The second-order valence-electron chi connectivity index (χ2n) is 4.42. The summed E-state index contributed by atoms with van der Waals surface area (Å²) in [5.41, 5.74) is 0. The zero-order valence-electron chi connectivity index (χ0n) is 10.3. The lowest BCUT2D eigenvalue weighted by Crippen LogP contribution is -2.49. The molecule has 1 saturated heterocycles. The number of likely N-dealkylation sites (tertiary alicyclic amines) is 1. The van der Waals surface area contributed by atoms with E-state index in [0.29, 0.717) is 44.7 Å². The fourth-order valence-corrected chi connectivity index (χ4v) is 2.05. The third kappa shape index (κ3) is 5.26. The zero-order valence-corrected chi connectivity index (χ0v) is 11.1. The Bertz CT molecular complexity index is 328. The predicted molar refractivity (Wildman–Crippen MR) is 63.8 cm³/mol. The van der Waals surface area contributed by atoms with Crippen LogP contribution in [0, 0.1) is 0 Å². The van der Waals surface area contributed by atoms with E-state index in [2.05, 4.69) is 0 Å². The van der Waals surface area contributed by atoms with Gasteiger partial charge in [0.15, 0.2) is 0 Å². The Hall–Kier alpha value is -0.980. The van der Waals surface area contributed by atoms with Crippen LogP contribution < -0.4 is 5.32 Å². The number of hydrogen-bond donors (Lipinski definition) is 1. The molecule has 4 nitrogen and oxygen atoms in total. The Kier molecular flexibility index (Phi) is 5.90. The highest BCUT2D eigenvalue weighted by molar-refractivity contribution is 6.17. The molecule has 1 heterocycles. The molecule has 0 atom stereocenters. The van der Waals surface area contributed by atoms with Crippen LogP contribution in [0.4, 0.5) is 13.2 Å². The summed E-state index contributed by atoms with van der Waals surface area (Å²) in [6.45, 7) is 0.730. The van der Waals surface area contributed by atoms with Gasteiger partial charge in [0, 0.05) is 31.4 Å². The maximum atomic E-state index is 12.1. The Morgan fingerprint density at radius 3 is 2.32 bits per heavy atom. The van der Waals surface area contributed by atoms with E-state index in [0.717, 1.165) is 0 Å².